The van der Waals surface area contributed by atoms with Gasteiger partial charge in [-0.05, 0) is 65.1 Å². The Kier molecular flexibility index (Phi) is 8.00. The average Bonchev–Trinajstić information content (AvgIpc) is 2.70. The fraction of sp³-hybridized carbons (Fsp3) is 0.696. The predicted octanol–water partition coefficient (Wildman–Crippen LogP) is 4.66. The van der Waals surface area contributed by atoms with E-state index in [1.807, 2.05) is 39.0 Å². The minimum Gasteiger partial charge on any atom is -0.444 e. The highest BCUT2D eigenvalue weighted by Crippen LogP contribution is 2.33. The number of rotatable bonds is 5. The van der Waals surface area contributed by atoms with E-state index >= 15 is 0 Å². The molecule has 2 aliphatic heterocycles. The molecule has 1 aromatic carbocycles. The highest BCUT2D eigenvalue weighted by Gasteiger charge is 2.35. The van der Waals surface area contributed by atoms with Gasteiger partial charge in [-0.15, -0.1) is 0 Å². The van der Waals surface area contributed by atoms with E-state index in [9.17, 15) is 9.90 Å². The smallest absolute Gasteiger partial charge is 0.410 e. The van der Waals surface area contributed by atoms with Crippen LogP contribution in [0.1, 0.15) is 46.5 Å². The van der Waals surface area contributed by atoms with Gasteiger partial charge in [-0.2, -0.15) is 0 Å². The van der Waals surface area contributed by atoms with Crippen molar-refractivity contribution in [3.63, 3.8) is 0 Å². The van der Waals surface area contributed by atoms with Crippen LogP contribution in [0.2, 0.25) is 10.0 Å². The molecule has 0 aromatic heterocycles. The van der Waals surface area contributed by atoms with Crippen molar-refractivity contribution in [1.29, 1.82) is 0 Å². The van der Waals surface area contributed by atoms with Crippen molar-refractivity contribution < 1.29 is 14.6 Å². The third-order valence-corrected chi connectivity index (χ3v) is 6.92. The summed E-state index contributed by atoms with van der Waals surface area (Å²) in [6.07, 6.45) is 2.63. The third kappa shape index (κ3) is 6.88. The largest absolute Gasteiger partial charge is 0.444 e. The highest BCUT2D eigenvalue weighted by molar-refractivity contribution is 6.43. The van der Waals surface area contributed by atoms with Gasteiger partial charge in [-0.25, -0.2) is 4.79 Å². The summed E-state index contributed by atoms with van der Waals surface area (Å²) in [5, 5.41) is 12.2. The molecule has 1 amide bonds. The second-order valence-electron chi connectivity index (χ2n) is 9.70. The van der Waals surface area contributed by atoms with E-state index < -0.39 is 11.2 Å². The number of amides is 1. The Morgan fingerprint density at radius 3 is 2.35 bits per heavy atom. The van der Waals surface area contributed by atoms with Gasteiger partial charge in [0.1, 0.15) is 5.60 Å². The van der Waals surface area contributed by atoms with E-state index in [2.05, 4.69) is 9.80 Å². The summed E-state index contributed by atoms with van der Waals surface area (Å²) in [6, 6.07) is 5.76. The Hall–Kier alpha value is -1.21. The average molecular weight is 472 g/mol. The molecular formula is C23H35Cl2N3O3. The molecular weight excluding hydrogens is 437 g/mol. The SMILES string of the molecule is CC(C)(C)OC(=O)N1CCC(O)(CCCN2CCN(c3cccc(Cl)c3Cl)CC2)CC1. The molecule has 0 radical (unpaired) electrons. The van der Waals surface area contributed by atoms with Gasteiger partial charge in [0, 0.05) is 39.3 Å². The number of hydrogen-bond donors (Lipinski definition) is 1. The maximum Gasteiger partial charge on any atom is 0.410 e. The van der Waals surface area contributed by atoms with Crippen molar-refractivity contribution in [1.82, 2.24) is 9.80 Å². The molecule has 0 spiro atoms. The number of nitrogens with zero attached hydrogens (tertiary/aromatic N) is 3. The Bertz CT molecular complexity index is 753. The standard InChI is InChI=1S/C23H35Cl2N3O3/c1-22(2,3)31-21(29)28-12-9-23(30,10-13-28)8-5-11-26-14-16-27(17-15-26)19-7-4-6-18(24)20(19)25/h4,6-7,30H,5,8-17H2,1-3H3. The van der Waals surface area contributed by atoms with Gasteiger partial charge in [0.2, 0.25) is 0 Å². The van der Waals surface area contributed by atoms with Gasteiger partial charge in [0.15, 0.2) is 0 Å². The zero-order chi connectivity index (χ0) is 22.6. The van der Waals surface area contributed by atoms with Crippen LogP contribution in [0.3, 0.4) is 0 Å². The van der Waals surface area contributed by atoms with E-state index in [1.54, 1.807) is 4.90 Å². The maximum atomic E-state index is 12.2. The predicted molar refractivity (Wildman–Crippen MR) is 126 cm³/mol. The van der Waals surface area contributed by atoms with E-state index in [-0.39, 0.29) is 6.09 Å². The number of likely N-dealkylation sites (tertiary alicyclic amines) is 1. The molecule has 0 atom stereocenters. The molecule has 0 saturated carbocycles. The third-order valence-electron chi connectivity index (χ3n) is 6.11. The summed E-state index contributed by atoms with van der Waals surface area (Å²) in [6.45, 7) is 11.4. The van der Waals surface area contributed by atoms with Crippen molar-refractivity contribution in [2.24, 2.45) is 0 Å². The van der Waals surface area contributed by atoms with Crippen LogP contribution in [0.25, 0.3) is 0 Å². The van der Waals surface area contributed by atoms with Crippen molar-refractivity contribution in [3.05, 3.63) is 28.2 Å². The number of halogens is 2. The number of benzene rings is 1. The molecule has 174 valence electrons. The van der Waals surface area contributed by atoms with Crippen molar-refractivity contribution in [2.75, 3.05) is 50.7 Å². The van der Waals surface area contributed by atoms with Gasteiger partial charge < -0.3 is 19.6 Å². The van der Waals surface area contributed by atoms with Crippen molar-refractivity contribution in [2.45, 2.75) is 57.7 Å². The molecule has 1 aromatic rings. The van der Waals surface area contributed by atoms with Crippen LogP contribution in [0, 0.1) is 0 Å². The molecule has 6 nitrogen and oxygen atoms in total. The molecule has 31 heavy (non-hydrogen) atoms. The number of piperidine rings is 1. The molecule has 2 saturated heterocycles. The molecule has 2 heterocycles. The topological polar surface area (TPSA) is 56.2 Å². The first-order valence-electron chi connectivity index (χ1n) is 11.2. The van der Waals surface area contributed by atoms with E-state index in [4.69, 9.17) is 27.9 Å². The number of hydrogen-bond acceptors (Lipinski definition) is 5. The lowest BCUT2D eigenvalue weighted by atomic mass is 9.87. The first-order chi connectivity index (χ1) is 14.6. The summed E-state index contributed by atoms with van der Waals surface area (Å²) >= 11 is 12.5. The summed E-state index contributed by atoms with van der Waals surface area (Å²) in [5.41, 5.74) is -0.179. The van der Waals surface area contributed by atoms with Crippen LogP contribution in [0.5, 0.6) is 0 Å². The first kappa shape index (κ1) is 24.4. The molecule has 0 bridgehead atoms. The second kappa shape index (κ2) is 10.2. The van der Waals surface area contributed by atoms with Crippen LogP contribution in [-0.2, 0) is 4.74 Å². The van der Waals surface area contributed by atoms with Crippen LogP contribution in [-0.4, -0.2) is 78.0 Å². The lowest BCUT2D eigenvalue weighted by molar-refractivity contribution is -0.0385. The Morgan fingerprint density at radius 2 is 1.74 bits per heavy atom. The van der Waals surface area contributed by atoms with E-state index in [1.165, 1.54) is 0 Å². The fourth-order valence-corrected chi connectivity index (χ4v) is 4.68. The van der Waals surface area contributed by atoms with E-state index in [0.29, 0.717) is 36.0 Å². The van der Waals surface area contributed by atoms with Gasteiger partial charge in [0.25, 0.3) is 0 Å². The first-order valence-corrected chi connectivity index (χ1v) is 11.9. The summed E-state index contributed by atoms with van der Waals surface area (Å²) in [7, 11) is 0. The zero-order valence-corrected chi connectivity index (χ0v) is 20.4. The number of ether oxygens (including phenoxy) is 1. The molecule has 2 fully saturated rings. The van der Waals surface area contributed by atoms with Gasteiger partial charge in [-0.1, -0.05) is 29.3 Å². The van der Waals surface area contributed by atoms with Crippen molar-refractivity contribution >= 4 is 35.0 Å². The maximum absolute atomic E-state index is 12.2. The van der Waals surface area contributed by atoms with Crippen LogP contribution >= 0.6 is 23.2 Å². The lowest BCUT2D eigenvalue weighted by Crippen LogP contribution is -2.49. The molecule has 2 aliphatic rings. The summed E-state index contributed by atoms with van der Waals surface area (Å²) in [5.74, 6) is 0. The number of anilines is 1. The summed E-state index contributed by atoms with van der Waals surface area (Å²) < 4.78 is 5.44. The number of piperazine rings is 1. The molecule has 8 heteroatoms. The zero-order valence-electron chi connectivity index (χ0n) is 18.9. The molecule has 1 N–H and O–H groups in total. The number of carbonyl (C=O) groups is 1. The Balaban J connectivity index is 1.37. The Morgan fingerprint density at radius 1 is 1.10 bits per heavy atom. The molecule has 0 unspecified atom stereocenters. The van der Waals surface area contributed by atoms with Gasteiger partial charge in [-0.3, -0.25) is 4.90 Å². The lowest BCUT2D eigenvalue weighted by Gasteiger charge is -2.40. The van der Waals surface area contributed by atoms with E-state index in [0.717, 1.165) is 51.3 Å². The monoisotopic (exact) mass is 471 g/mol. The normalized spacial score (nSPS) is 20.1. The highest BCUT2D eigenvalue weighted by atomic mass is 35.5. The van der Waals surface area contributed by atoms with Crippen molar-refractivity contribution in [3.8, 4) is 0 Å². The van der Waals surface area contributed by atoms with Crippen LogP contribution in [0.15, 0.2) is 18.2 Å². The molecule has 0 aliphatic carbocycles. The Labute approximate surface area is 196 Å². The summed E-state index contributed by atoms with van der Waals surface area (Å²) in [4.78, 5) is 18.6. The minimum absolute atomic E-state index is 0.285. The fourth-order valence-electron chi connectivity index (χ4n) is 4.26. The van der Waals surface area contributed by atoms with Crippen LogP contribution in [0.4, 0.5) is 10.5 Å². The second-order valence-corrected chi connectivity index (χ2v) is 10.5. The molecule has 3 rings (SSSR count). The van der Waals surface area contributed by atoms with Gasteiger partial charge in [0.05, 0.1) is 21.3 Å². The number of aliphatic hydroxyl groups is 1. The van der Waals surface area contributed by atoms with Gasteiger partial charge >= 0.3 is 6.09 Å². The van der Waals surface area contributed by atoms with Crippen LogP contribution < -0.4 is 4.90 Å². The number of carbonyl (C=O) groups excluding carboxylic acids is 1. The quantitative estimate of drug-likeness (QED) is 0.676. The minimum atomic E-state index is -0.686.